The molecule has 1 aromatic carbocycles. The van der Waals surface area contributed by atoms with Crippen molar-refractivity contribution in [3.8, 4) is 0 Å². The number of rotatable bonds is 5. The molecule has 3 heterocycles. The lowest BCUT2D eigenvalue weighted by molar-refractivity contribution is 0.441. The van der Waals surface area contributed by atoms with E-state index in [0.29, 0.717) is 50.6 Å². The summed E-state index contributed by atoms with van der Waals surface area (Å²) < 4.78 is 0. The van der Waals surface area contributed by atoms with Gasteiger partial charge >= 0.3 is 0 Å². The minimum Gasteiger partial charge on any atom is -0.350 e. The first-order valence-corrected chi connectivity index (χ1v) is 10.9. The number of anilines is 3. The van der Waals surface area contributed by atoms with Crippen LogP contribution in [0.4, 0.5) is 17.8 Å². The van der Waals surface area contributed by atoms with E-state index in [4.69, 9.17) is 37.9 Å². The van der Waals surface area contributed by atoms with Gasteiger partial charge in [0, 0.05) is 56.9 Å². The third-order valence-corrected chi connectivity index (χ3v) is 5.91. The Balaban J connectivity index is 1.62. The maximum absolute atomic E-state index is 6.21. The van der Waals surface area contributed by atoms with E-state index in [-0.39, 0.29) is 24.2 Å². The van der Waals surface area contributed by atoms with E-state index in [1.165, 1.54) is 11.1 Å². The molecule has 0 unspecified atom stereocenters. The standard InChI is InChI=1S/C21H34N10/c1-13-4-2-3-5-14(13)8-26-19-27-20(30-9-15(22)6-16(23)10-30)29-21(28-19)31-11-17(24)7-18(25)12-31/h2-5,15-18H,6-12,22-25H2,1H3,(H,26,27,28,29)/t15-,16+,17-,18+. The largest absolute Gasteiger partial charge is 0.350 e. The predicted molar refractivity (Wildman–Crippen MR) is 124 cm³/mol. The van der Waals surface area contributed by atoms with Gasteiger partial charge in [-0.3, -0.25) is 0 Å². The molecular weight excluding hydrogens is 392 g/mol. The van der Waals surface area contributed by atoms with Gasteiger partial charge in [-0.15, -0.1) is 0 Å². The van der Waals surface area contributed by atoms with Crippen LogP contribution in [-0.4, -0.2) is 65.3 Å². The molecule has 4 atom stereocenters. The third-order valence-electron chi connectivity index (χ3n) is 5.91. The topological polar surface area (TPSA) is 161 Å². The number of hydrogen-bond donors (Lipinski definition) is 5. The van der Waals surface area contributed by atoms with Crippen molar-refractivity contribution in [2.24, 2.45) is 22.9 Å². The SMILES string of the molecule is Cc1ccccc1CNc1nc(N2C[C@H](N)C[C@H](N)C2)nc(N2C[C@H](N)C[C@H](N)C2)n1. The molecule has 4 rings (SSSR count). The van der Waals surface area contributed by atoms with Crippen molar-refractivity contribution >= 4 is 17.8 Å². The van der Waals surface area contributed by atoms with E-state index in [1.807, 2.05) is 21.9 Å². The van der Waals surface area contributed by atoms with Crippen LogP contribution in [0, 0.1) is 6.92 Å². The number of benzene rings is 1. The lowest BCUT2D eigenvalue weighted by Crippen LogP contribution is -2.54. The molecule has 2 fully saturated rings. The molecule has 0 spiro atoms. The molecule has 2 aromatic rings. The van der Waals surface area contributed by atoms with Crippen molar-refractivity contribution in [3.63, 3.8) is 0 Å². The van der Waals surface area contributed by atoms with Gasteiger partial charge < -0.3 is 38.1 Å². The maximum Gasteiger partial charge on any atom is 0.232 e. The van der Waals surface area contributed by atoms with Crippen molar-refractivity contribution in [2.45, 2.75) is 50.5 Å². The Labute approximate surface area is 183 Å². The summed E-state index contributed by atoms with van der Waals surface area (Å²) in [7, 11) is 0. The average molecular weight is 427 g/mol. The molecule has 0 aliphatic carbocycles. The Kier molecular flexibility index (Phi) is 6.51. The fraction of sp³-hybridized carbons (Fsp3) is 0.571. The van der Waals surface area contributed by atoms with Gasteiger partial charge in [0.05, 0.1) is 0 Å². The zero-order valence-electron chi connectivity index (χ0n) is 18.1. The van der Waals surface area contributed by atoms with E-state index in [9.17, 15) is 0 Å². The number of nitrogens with one attached hydrogen (secondary N) is 1. The van der Waals surface area contributed by atoms with Gasteiger partial charge in [0.15, 0.2) is 0 Å². The number of hydrogen-bond acceptors (Lipinski definition) is 10. The van der Waals surface area contributed by atoms with Crippen LogP contribution < -0.4 is 38.1 Å². The van der Waals surface area contributed by atoms with Crippen molar-refractivity contribution in [2.75, 3.05) is 41.3 Å². The van der Waals surface area contributed by atoms with Crippen molar-refractivity contribution in [1.29, 1.82) is 0 Å². The fourth-order valence-corrected chi connectivity index (χ4v) is 4.38. The van der Waals surface area contributed by atoms with Crippen LogP contribution in [0.2, 0.25) is 0 Å². The van der Waals surface area contributed by atoms with Crippen LogP contribution in [0.15, 0.2) is 24.3 Å². The Morgan fingerprint density at radius 1 is 0.806 bits per heavy atom. The summed E-state index contributed by atoms with van der Waals surface area (Å²) in [5, 5.41) is 3.37. The molecule has 2 aliphatic rings. The second kappa shape index (κ2) is 9.31. The van der Waals surface area contributed by atoms with Gasteiger partial charge in [0.25, 0.3) is 0 Å². The first-order chi connectivity index (χ1) is 14.9. The molecule has 0 radical (unpaired) electrons. The van der Waals surface area contributed by atoms with E-state index in [2.05, 4.69) is 24.4 Å². The molecular formula is C21H34N10. The van der Waals surface area contributed by atoms with Crippen LogP contribution in [0.25, 0.3) is 0 Å². The monoisotopic (exact) mass is 426 g/mol. The highest BCUT2D eigenvalue weighted by Crippen LogP contribution is 2.22. The molecule has 10 heteroatoms. The molecule has 0 bridgehead atoms. The van der Waals surface area contributed by atoms with Crippen LogP contribution in [0.3, 0.4) is 0 Å². The second-order valence-electron chi connectivity index (χ2n) is 8.86. The zero-order valence-corrected chi connectivity index (χ0v) is 18.1. The Hall–Kier alpha value is -2.53. The van der Waals surface area contributed by atoms with Crippen molar-refractivity contribution in [3.05, 3.63) is 35.4 Å². The first-order valence-electron chi connectivity index (χ1n) is 10.9. The minimum atomic E-state index is -0.0100. The summed E-state index contributed by atoms with van der Waals surface area (Å²) in [5.41, 5.74) is 27.2. The van der Waals surface area contributed by atoms with E-state index in [0.717, 1.165) is 12.8 Å². The van der Waals surface area contributed by atoms with Crippen molar-refractivity contribution < 1.29 is 0 Å². The average Bonchev–Trinajstić information content (AvgIpc) is 2.71. The molecule has 10 nitrogen and oxygen atoms in total. The lowest BCUT2D eigenvalue weighted by Gasteiger charge is -2.37. The quantitative estimate of drug-likeness (QED) is 0.422. The van der Waals surface area contributed by atoms with E-state index in [1.54, 1.807) is 0 Å². The fourth-order valence-electron chi connectivity index (χ4n) is 4.38. The third kappa shape index (κ3) is 5.40. The number of aromatic nitrogens is 3. The van der Waals surface area contributed by atoms with Gasteiger partial charge in [-0.05, 0) is 30.9 Å². The number of nitrogens with two attached hydrogens (primary N) is 4. The summed E-state index contributed by atoms with van der Waals surface area (Å²) in [6, 6.07) is 8.21. The van der Waals surface area contributed by atoms with Gasteiger partial charge in [0.2, 0.25) is 17.8 Å². The lowest BCUT2D eigenvalue weighted by atomic mass is 10.0. The molecule has 31 heavy (non-hydrogen) atoms. The summed E-state index contributed by atoms with van der Waals surface area (Å²) in [6.07, 6.45) is 1.59. The molecule has 0 amide bonds. The molecule has 2 aliphatic heterocycles. The van der Waals surface area contributed by atoms with Crippen LogP contribution >= 0.6 is 0 Å². The Morgan fingerprint density at radius 3 is 1.77 bits per heavy atom. The minimum absolute atomic E-state index is 0.0100. The van der Waals surface area contributed by atoms with Gasteiger partial charge in [-0.2, -0.15) is 15.0 Å². The molecule has 2 saturated heterocycles. The van der Waals surface area contributed by atoms with E-state index < -0.39 is 0 Å². The smallest absolute Gasteiger partial charge is 0.232 e. The maximum atomic E-state index is 6.21. The van der Waals surface area contributed by atoms with Gasteiger partial charge in [0.1, 0.15) is 0 Å². The summed E-state index contributed by atoms with van der Waals surface area (Å²) >= 11 is 0. The molecule has 1 aromatic heterocycles. The van der Waals surface area contributed by atoms with Gasteiger partial charge in [-0.1, -0.05) is 24.3 Å². The van der Waals surface area contributed by atoms with Crippen LogP contribution in [0.5, 0.6) is 0 Å². The van der Waals surface area contributed by atoms with E-state index >= 15 is 0 Å². The first kappa shape index (κ1) is 21.7. The summed E-state index contributed by atoms with van der Waals surface area (Å²) in [4.78, 5) is 18.2. The number of aryl methyl sites for hydroxylation is 1. The summed E-state index contributed by atoms with van der Waals surface area (Å²) in [5.74, 6) is 1.68. The van der Waals surface area contributed by atoms with Crippen LogP contribution in [-0.2, 0) is 6.54 Å². The Bertz CT molecular complexity index is 826. The summed E-state index contributed by atoms with van der Waals surface area (Å²) in [6.45, 7) is 5.35. The highest BCUT2D eigenvalue weighted by molar-refractivity contribution is 5.47. The van der Waals surface area contributed by atoms with Crippen molar-refractivity contribution in [1.82, 2.24) is 15.0 Å². The molecule has 0 saturated carbocycles. The van der Waals surface area contributed by atoms with Crippen LogP contribution in [0.1, 0.15) is 24.0 Å². The zero-order chi connectivity index (χ0) is 22.0. The second-order valence-corrected chi connectivity index (χ2v) is 8.86. The van der Waals surface area contributed by atoms with Gasteiger partial charge in [-0.25, -0.2) is 0 Å². The normalized spacial score (nSPS) is 26.7. The number of nitrogens with zero attached hydrogens (tertiary/aromatic N) is 5. The Morgan fingerprint density at radius 2 is 1.29 bits per heavy atom. The molecule has 9 N–H and O–H groups in total. The molecule has 168 valence electrons. The predicted octanol–water partition coefficient (Wildman–Crippen LogP) is -0.478. The number of piperidine rings is 2. The highest BCUT2D eigenvalue weighted by atomic mass is 15.4. The highest BCUT2D eigenvalue weighted by Gasteiger charge is 2.28.